The zero-order valence-corrected chi connectivity index (χ0v) is 14.7. The molecule has 1 aliphatic rings. The SMILES string of the molecule is CCOC(=O)[C@@H]1[C@H](O)C(=O)N(c2ccc(OC)cc2)[C@@H]1c1ccccc1. The van der Waals surface area contributed by atoms with E-state index < -0.39 is 29.9 Å². The van der Waals surface area contributed by atoms with Gasteiger partial charge < -0.3 is 19.5 Å². The number of ether oxygens (including phenoxy) is 2. The van der Waals surface area contributed by atoms with Crippen LogP contribution < -0.4 is 9.64 Å². The minimum Gasteiger partial charge on any atom is -0.497 e. The van der Waals surface area contributed by atoms with Crippen LogP contribution in [0.3, 0.4) is 0 Å². The van der Waals surface area contributed by atoms with Gasteiger partial charge in [-0.25, -0.2) is 0 Å². The summed E-state index contributed by atoms with van der Waals surface area (Å²) in [5.74, 6) is -1.45. The molecule has 0 unspecified atom stereocenters. The average Bonchev–Trinajstić information content (AvgIpc) is 2.94. The molecule has 136 valence electrons. The molecule has 0 spiro atoms. The summed E-state index contributed by atoms with van der Waals surface area (Å²) < 4.78 is 10.3. The maximum Gasteiger partial charge on any atom is 0.314 e. The van der Waals surface area contributed by atoms with Crippen molar-refractivity contribution < 1.29 is 24.2 Å². The van der Waals surface area contributed by atoms with Gasteiger partial charge in [0.1, 0.15) is 17.8 Å². The van der Waals surface area contributed by atoms with Crippen molar-refractivity contribution in [1.29, 1.82) is 0 Å². The van der Waals surface area contributed by atoms with Crippen molar-refractivity contribution in [2.45, 2.75) is 19.1 Å². The number of aliphatic hydroxyl groups excluding tert-OH is 1. The third-order valence-corrected chi connectivity index (χ3v) is 4.50. The molecule has 1 N–H and O–H groups in total. The lowest BCUT2D eigenvalue weighted by atomic mass is 9.92. The molecule has 2 aromatic carbocycles. The van der Waals surface area contributed by atoms with Gasteiger partial charge in [-0.2, -0.15) is 0 Å². The summed E-state index contributed by atoms with van der Waals surface area (Å²) in [4.78, 5) is 26.7. The van der Waals surface area contributed by atoms with Gasteiger partial charge in [0.15, 0.2) is 0 Å². The molecular formula is C20H21NO5. The van der Waals surface area contributed by atoms with E-state index in [1.54, 1.807) is 38.3 Å². The van der Waals surface area contributed by atoms with Crippen LogP contribution in [-0.2, 0) is 14.3 Å². The third kappa shape index (κ3) is 3.15. The summed E-state index contributed by atoms with van der Waals surface area (Å²) in [6, 6.07) is 15.5. The highest BCUT2D eigenvalue weighted by Crippen LogP contribution is 2.42. The normalized spacial score (nSPS) is 22.3. The van der Waals surface area contributed by atoms with Crippen LogP contribution in [0, 0.1) is 5.92 Å². The fourth-order valence-corrected chi connectivity index (χ4v) is 3.30. The van der Waals surface area contributed by atoms with Crippen LogP contribution in [0.4, 0.5) is 5.69 Å². The number of rotatable bonds is 5. The van der Waals surface area contributed by atoms with Gasteiger partial charge in [0.05, 0.1) is 19.8 Å². The lowest BCUT2D eigenvalue weighted by molar-refractivity contribution is -0.153. The van der Waals surface area contributed by atoms with Crippen LogP contribution in [0.1, 0.15) is 18.5 Å². The molecule has 1 saturated heterocycles. The first-order valence-corrected chi connectivity index (χ1v) is 8.45. The van der Waals surface area contributed by atoms with Gasteiger partial charge in [-0.1, -0.05) is 30.3 Å². The molecule has 3 atom stereocenters. The van der Waals surface area contributed by atoms with Crippen molar-refractivity contribution in [2.24, 2.45) is 5.92 Å². The first kappa shape index (κ1) is 17.9. The van der Waals surface area contributed by atoms with Crippen molar-refractivity contribution in [3.63, 3.8) is 0 Å². The maximum atomic E-state index is 12.8. The van der Waals surface area contributed by atoms with Gasteiger partial charge in [-0.15, -0.1) is 0 Å². The number of aliphatic hydroxyl groups is 1. The number of nitrogens with zero attached hydrogens (tertiary/aromatic N) is 1. The molecule has 0 bridgehead atoms. The Bertz CT molecular complexity index is 775. The minimum absolute atomic E-state index is 0.181. The average molecular weight is 355 g/mol. The van der Waals surface area contributed by atoms with Crippen LogP contribution >= 0.6 is 0 Å². The summed E-state index contributed by atoms with van der Waals surface area (Å²) in [5.41, 5.74) is 1.33. The number of hydrogen-bond donors (Lipinski definition) is 1. The van der Waals surface area contributed by atoms with Gasteiger partial charge in [0, 0.05) is 5.69 Å². The monoisotopic (exact) mass is 355 g/mol. The quantitative estimate of drug-likeness (QED) is 0.833. The lowest BCUT2D eigenvalue weighted by Crippen LogP contribution is -2.31. The van der Waals surface area contributed by atoms with E-state index >= 15 is 0 Å². The van der Waals surface area contributed by atoms with E-state index in [-0.39, 0.29) is 6.61 Å². The van der Waals surface area contributed by atoms with E-state index in [1.807, 2.05) is 30.3 Å². The number of anilines is 1. The molecule has 0 saturated carbocycles. The van der Waals surface area contributed by atoms with Gasteiger partial charge >= 0.3 is 5.97 Å². The molecular weight excluding hydrogens is 334 g/mol. The highest BCUT2D eigenvalue weighted by Gasteiger charge is 2.53. The molecule has 0 aromatic heterocycles. The fourth-order valence-electron chi connectivity index (χ4n) is 3.30. The first-order valence-electron chi connectivity index (χ1n) is 8.45. The molecule has 1 heterocycles. The largest absolute Gasteiger partial charge is 0.497 e. The number of carbonyl (C=O) groups excluding carboxylic acids is 2. The Hall–Kier alpha value is -2.86. The van der Waals surface area contributed by atoms with Crippen LogP contribution in [0.2, 0.25) is 0 Å². The standard InChI is InChI=1S/C20H21NO5/c1-3-26-20(24)16-17(13-7-5-4-6-8-13)21(19(23)18(16)22)14-9-11-15(25-2)12-10-14/h4-12,16-18,22H,3H2,1-2H3/t16-,17+,18-/m0/s1. The highest BCUT2D eigenvalue weighted by molar-refractivity contribution is 6.04. The Balaban J connectivity index is 2.07. The Morgan fingerprint density at radius 2 is 1.77 bits per heavy atom. The molecule has 0 radical (unpaired) electrons. The van der Waals surface area contributed by atoms with Crippen LogP contribution in [0.15, 0.2) is 54.6 Å². The van der Waals surface area contributed by atoms with E-state index in [2.05, 4.69) is 0 Å². The second-order valence-electron chi connectivity index (χ2n) is 5.98. The molecule has 6 nitrogen and oxygen atoms in total. The molecule has 1 aliphatic heterocycles. The summed E-state index contributed by atoms with van der Waals surface area (Å²) >= 11 is 0. The number of methoxy groups -OCH3 is 1. The van der Waals surface area contributed by atoms with Crippen molar-refractivity contribution >= 4 is 17.6 Å². The molecule has 26 heavy (non-hydrogen) atoms. The zero-order valence-electron chi connectivity index (χ0n) is 14.7. The fraction of sp³-hybridized carbons (Fsp3) is 0.300. The summed E-state index contributed by atoms with van der Waals surface area (Å²) in [5, 5.41) is 10.5. The predicted octanol–water partition coefficient (Wildman–Crippen LogP) is 2.32. The Morgan fingerprint density at radius 1 is 1.12 bits per heavy atom. The van der Waals surface area contributed by atoms with Crippen molar-refractivity contribution in [3.05, 3.63) is 60.2 Å². The highest BCUT2D eigenvalue weighted by atomic mass is 16.5. The predicted molar refractivity (Wildman–Crippen MR) is 95.8 cm³/mol. The number of esters is 1. The topological polar surface area (TPSA) is 76.1 Å². The van der Waals surface area contributed by atoms with Crippen molar-refractivity contribution in [3.8, 4) is 5.75 Å². The molecule has 0 aliphatic carbocycles. The molecule has 1 fully saturated rings. The Labute approximate surface area is 152 Å². The van der Waals surface area contributed by atoms with E-state index in [1.165, 1.54) is 4.90 Å². The van der Waals surface area contributed by atoms with E-state index in [4.69, 9.17) is 9.47 Å². The summed E-state index contributed by atoms with van der Waals surface area (Å²) in [6.45, 7) is 1.88. The van der Waals surface area contributed by atoms with Gasteiger partial charge in [-0.05, 0) is 36.8 Å². The third-order valence-electron chi connectivity index (χ3n) is 4.50. The molecule has 1 amide bonds. The van der Waals surface area contributed by atoms with Crippen LogP contribution in [0.25, 0.3) is 0 Å². The smallest absolute Gasteiger partial charge is 0.314 e. The lowest BCUT2D eigenvalue weighted by Gasteiger charge is -2.27. The maximum absolute atomic E-state index is 12.8. The number of amides is 1. The minimum atomic E-state index is -1.46. The molecule has 3 rings (SSSR count). The summed E-state index contributed by atoms with van der Waals surface area (Å²) in [7, 11) is 1.56. The Morgan fingerprint density at radius 3 is 2.35 bits per heavy atom. The zero-order chi connectivity index (χ0) is 18.7. The number of hydrogen-bond acceptors (Lipinski definition) is 5. The second kappa shape index (κ2) is 7.58. The second-order valence-corrected chi connectivity index (χ2v) is 5.98. The number of carbonyl (C=O) groups is 2. The van der Waals surface area contributed by atoms with Crippen LogP contribution in [0.5, 0.6) is 5.75 Å². The van der Waals surface area contributed by atoms with Crippen molar-refractivity contribution in [1.82, 2.24) is 0 Å². The Kier molecular flexibility index (Phi) is 5.23. The number of benzene rings is 2. The van der Waals surface area contributed by atoms with Gasteiger partial charge in [-0.3, -0.25) is 9.59 Å². The van der Waals surface area contributed by atoms with Crippen LogP contribution in [-0.4, -0.2) is 36.8 Å². The van der Waals surface area contributed by atoms with E-state index in [9.17, 15) is 14.7 Å². The molecule has 6 heteroatoms. The van der Waals surface area contributed by atoms with Gasteiger partial charge in [0.2, 0.25) is 0 Å². The first-order chi connectivity index (χ1) is 12.6. The van der Waals surface area contributed by atoms with E-state index in [0.717, 1.165) is 5.56 Å². The summed E-state index contributed by atoms with van der Waals surface area (Å²) in [6.07, 6.45) is -1.46. The molecule has 2 aromatic rings. The van der Waals surface area contributed by atoms with Crippen molar-refractivity contribution in [2.75, 3.05) is 18.6 Å². The van der Waals surface area contributed by atoms with E-state index in [0.29, 0.717) is 11.4 Å². The van der Waals surface area contributed by atoms with Gasteiger partial charge in [0.25, 0.3) is 5.91 Å².